The number of hydrogen-bond acceptors (Lipinski definition) is 3. The Labute approximate surface area is 106 Å². The van der Waals surface area contributed by atoms with Crippen LogP contribution in [0.3, 0.4) is 0 Å². The van der Waals surface area contributed by atoms with E-state index in [1.165, 1.54) is 4.31 Å². The molecule has 1 aliphatic rings. The molecule has 1 heterocycles. The van der Waals surface area contributed by atoms with Gasteiger partial charge in [0.05, 0.1) is 13.2 Å². The average Bonchev–Trinajstić information content (AvgIpc) is 2.16. The van der Waals surface area contributed by atoms with Gasteiger partial charge in [-0.05, 0) is 13.3 Å². The van der Waals surface area contributed by atoms with Crippen LogP contribution >= 0.6 is 15.9 Å². The smallest absolute Gasteiger partial charge is 0.279 e. The van der Waals surface area contributed by atoms with Gasteiger partial charge in [-0.2, -0.15) is 17.4 Å². The Morgan fingerprint density at radius 3 is 2.44 bits per heavy atom. The third kappa shape index (κ3) is 4.67. The van der Waals surface area contributed by atoms with Crippen molar-refractivity contribution < 1.29 is 13.2 Å². The van der Waals surface area contributed by atoms with E-state index in [0.29, 0.717) is 31.1 Å². The van der Waals surface area contributed by atoms with E-state index in [9.17, 15) is 8.42 Å². The molecule has 1 saturated heterocycles. The zero-order valence-electron chi connectivity index (χ0n) is 9.65. The minimum absolute atomic E-state index is 0.0674. The molecule has 2 atom stereocenters. The minimum Gasteiger partial charge on any atom is -0.379 e. The lowest BCUT2D eigenvalue weighted by Gasteiger charge is -2.27. The highest BCUT2D eigenvalue weighted by Gasteiger charge is 2.25. The Morgan fingerprint density at radius 2 is 1.94 bits per heavy atom. The van der Waals surface area contributed by atoms with Crippen LogP contribution < -0.4 is 4.72 Å². The van der Waals surface area contributed by atoms with E-state index in [1.54, 1.807) is 0 Å². The first-order chi connectivity index (χ1) is 7.42. The molecule has 0 aliphatic carbocycles. The summed E-state index contributed by atoms with van der Waals surface area (Å²) in [5, 5.41) is 0. The van der Waals surface area contributed by atoms with Gasteiger partial charge >= 0.3 is 0 Å². The highest BCUT2D eigenvalue weighted by atomic mass is 79.9. The molecule has 0 radical (unpaired) electrons. The molecule has 0 saturated carbocycles. The standard InChI is InChI=1S/C9H19BrN2O3S/c1-8(10)7-9(2)11-16(13,14)12-3-5-15-6-4-12/h8-9,11H,3-7H2,1-2H3. The maximum absolute atomic E-state index is 11.9. The van der Waals surface area contributed by atoms with Gasteiger partial charge in [0.15, 0.2) is 0 Å². The fourth-order valence-electron chi connectivity index (χ4n) is 1.65. The van der Waals surface area contributed by atoms with Crippen LogP contribution in [-0.4, -0.2) is 49.9 Å². The topological polar surface area (TPSA) is 58.6 Å². The van der Waals surface area contributed by atoms with Crippen LogP contribution in [0.2, 0.25) is 0 Å². The molecule has 0 bridgehead atoms. The van der Waals surface area contributed by atoms with Gasteiger partial charge in [-0.25, -0.2) is 0 Å². The number of nitrogens with one attached hydrogen (secondary N) is 1. The van der Waals surface area contributed by atoms with Crippen LogP contribution in [0.4, 0.5) is 0 Å². The summed E-state index contributed by atoms with van der Waals surface area (Å²) in [7, 11) is -3.35. The number of hydrogen-bond donors (Lipinski definition) is 1. The van der Waals surface area contributed by atoms with Crippen molar-refractivity contribution in [1.29, 1.82) is 0 Å². The first-order valence-corrected chi connectivity index (χ1v) is 7.76. The van der Waals surface area contributed by atoms with Crippen LogP contribution in [0, 0.1) is 0 Å². The van der Waals surface area contributed by atoms with Gasteiger partial charge in [0.25, 0.3) is 10.2 Å². The second kappa shape index (κ2) is 6.30. The number of rotatable bonds is 5. The molecule has 2 unspecified atom stereocenters. The Kier molecular flexibility index (Phi) is 5.66. The number of morpholine rings is 1. The Morgan fingerprint density at radius 1 is 1.38 bits per heavy atom. The Hall–Kier alpha value is 0.310. The van der Waals surface area contributed by atoms with Crippen LogP contribution in [0.25, 0.3) is 0 Å². The van der Waals surface area contributed by atoms with Gasteiger partial charge in [0.2, 0.25) is 0 Å². The van der Waals surface area contributed by atoms with E-state index < -0.39 is 10.2 Å². The van der Waals surface area contributed by atoms with Gasteiger partial charge in [-0.15, -0.1) is 0 Å². The summed E-state index contributed by atoms with van der Waals surface area (Å²) >= 11 is 3.41. The van der Waals surface area contributed by atoms with E-state index >= 15 is 0 Å². The van der Waals surface area contributed by atoms with Crippen LogP contribution in [0.5, 0.6) is 0 Å². The van der Waals surface area contributed by atoms with Crippen LogP contribution in [0.1, 0.15) is 20.3 Å². The molecule has 5 nitrogen and oxygen atoms in total. The molecule has 7 heteroatoms. The maximum Gasteiger partial charge on any atom is 0.279 e. The monoisotopic (exact) mass is 314 g/mol. The average molecular weight is 315 g/mol. The summed E-state index contributed by atoms with van der Waals surface area (Å²) in [4.78, 5) is 0.301. The number of alkyl halides is 1. The molecule has 16 heavy (non-hydrogen) atoms. The Balaban J connectivity index is 2.49. The second-order valence-electron chi connectivity index (χ2n) is 4.05. The lowest BCUT2D eigenvalue weighted by atomic mass is 10.2. The highest BCUT2D eigenvalue weighted by Crippen LogP contribution is 2.09. The largest absolute Gasteiger partial charge is 0.379 e. The molecule has 1 rings (SSSR count). The molecule has 1 aliphatic heterocycles. The summed E-state index contributed by atoms with van der Waals surface area (Å²) in [5.41, 5.74) is 0. The first kappa shape index (κ1) is 14.4. The molecule has 0 aromatic rings. The van der Waals surface area contributed by atoms with Crippen molar-refractivity contribution in [3.05, 3.63) is 0 Å². The maximum atomic E-state index is 11.9. The van der Waals surface area contributed by atoms with Gasteiger partial charge in [0, 0.05) is 24.0 Å². The third-order valence-electron chi connectivity index (χ3n) is 2.34. The van der Waals surface area contributed by atoms with Gasteiger partial charge < -0.3 is 4.74 Å². The lowest BCUT2D eigenvalue weighted by molar-refractivity contribution is 0.0723. The quantitative estimate of drug-likeness (QED) is 0.761. The molecule has 0 amide bonds. The SMILES string of the molecule is CC(Br)CC(C)NS(=O)(=O)N1CCOCC1. The van der Waals surface area contributed by atoms with Crippen LogP contribution in [-0.2, 0) is 14.9 Å². The fraction of sp³-hybridized carbons (Fsp3) is 1.00. The number of ether oxygens (including phenoxy) is 1. The molecule has 0 spiro atoms. The van der Waals surface area contributed by atoms with E-state index in [-0.39, 0.29) is 6.04 Å². The van der Waals surface area contributed by atoms with E-state index in [4.69, 9.17) is 4.74 Å². The lowest BCUT2D eigenvalue weighted by Crippen LogP contribution is -2.49. The van der Waals surface area contributed by atoms with Crippen molar-refractivity contribution in [3.8, 4) is 0 Å². The van der Waals surface area contributed by atoms with E-state index in [0.717, 1.165) is 6.42 Å². The molecule has 1 fully saturated rings. The van der Waals surface area contributed by atoms with Crippen molar-refractivity contribution in [2.75, 3.05) is 26.3 Å². The minimum atomic E-state index is -3.35. The van der Waals surface area contributed by atoms with Crippen molar-refractivity contribution in [3.63, 3.8) is 0 Å². The summed E-state index contributed by atoms with van der Waals surface area (Å²) in [6, 6.07) is -0.0674. The van der Waals surface area contributed by atoms with Crippen molar-refractivity contribution in [1.82, 2.24) is 9.03 Å². The zero-order valence-corrected chi connectivity index (χ0v) is 12.1. The molecule has 0 aromatic carbocycles. The second-order valence-corrected chi connectivity index (χ2v) is 7.32. The number of halogens is 1. The fourth-order valence-corrected chi connectivity index (χ4v) is 3.60. The van der Waals surface area contributed by atoms with Gasteiger partial charge in [-0.3, -0.25) is 0 Å². The van der Waals surface area contributed by atoms with E-state index in [1.807, 2.05) is 13.8 Å². The summed E-state index contributed by atoms with van der Waals surface area (Å²) in [5.74, 6) is 0. The van der Waals surface area contributed by atoms with Crippen molar-refractivity contribution in [2.24, 2.45) is 0 Å². The first-order valence-electron chi connectivity index (χ1n) is 5.41. The molecule has 1 N–H and O–H groups in total. The molecule has 0 aromatic heterocycles. The molecular formula is C9H19BrN2O3S. The summed E-state index contributed by atoms with van der Waals surface area (Å²) in [6.45, 7) is 5.70. The van der Waals surface area contributed by atoms with Crippen LogP contribution in [0.15, 0.2) is 0 Å². The van der Waals surface area contributed by atoms with E-state index in [2.05, 4.69) is 20.7 Å². The van der Waals surface area contributed by atoms with Crippen molar-refractivity contribution in [2.45, 2.75) is 31.1 Å². The van der Waals surface area contributed by atoms with Gasteiger partial charge in [-0.1, -0.05) is 22.9 Å². The molecular weight excluding hydrogens is 296 g/mol. The normalized spacial score (nSPS) is 22.9. The zero-order chi connectivity index (χ0) is 12.2. The summed E-state index contributed by atoms with van der Waals surface area (Å²) < 4.78 is 33.1. The third-order valence-corrected chi connectivity index (χ3v) is 4.46. The van der Waals surface area contributed by atoms with Crippen molar-refractivity contribution >= 4 is 26.1 Å². The van der Waals surface area contributed by atoms with Gasteiger partial charge in [0.1, 0.15) is 0 Å². The number of nitrogens with zero attached hydrogens (tertiary/aromatic N) is 1. The summed E-state index contributed by atoms with van der Waals surface area (Å²) in [6.07, 6.45) is 0.767. The highest BCUT2D eigenvalue weighted by molar-refractivity contribution is 9.09. The predicted molar refractivity (Wildman–Crippen MR) is 66.9 cm³/mol. The predicted octanol–water partition coefficient (Wildman–Crippen LogP) is 0.715. The Bertz CT molecular complexity index is 302. The molecule has 96 valence electrons.